The van der Waals surface area contributed by atoms with Crippen molar-refractivity contribution in [2.24, 2.45) is 0 Å². The Morgan fingerprint density at radius 3 is 2.14 bits per heavy atom. The van der Waals surface area contributed by atoms with E-state index in [4.69, 9.17) is 44.3 Å². The van der Waals surface area contributed by atoms with E-state index in [1.807, 2.05) is 84.4 Å². The van der Waals surface area contributed by atoms with Gasteiger partial charge in [0.2, 0.25) is 5.89 Å². The highest BCUT2D eigenvalue weighted by Gasteiger charge is 2.51. The molecule has 0 aliphatic heterocycles. The number of nitrogens with zero attached hydrogens (tertiary/aromatic N) is 4. The molecule has 0 unspecified atom stereocenters. The van der Waals surface area contributed by atoms with E-state index in [2.05, 4.69) is 10.2 Å². The topological polar surface area (TPSA) is 56.7 Å². The Balaban J connectivity index is 1.48. The largest absolute Gasteiger partial charge is 0.418 e. The van der Waals surface area contributed by atoms with Crippen LogP contribution in [0.5, 0.6) is 0 Å². The van der Waals surface area contributed by atoms with E-state index in [0.29, 0.717) is 32.5 Å². The van der Waals surface area contributed by atoms with Crippen LogP contribution in [0.4, 0.5) is 0 Å². The van der Waals surface area contributed by atoms with Gasteiger partial charge < -0.3 is 4.42 Å². The maximum absolute atomic E-state index is 6.56. The zero-order chi connectivity index (χ0) is 24.2. The molecule has 0 spiro atoms. The van der Waals surface area contributed by atoms with Gasteiger partial charge in [-0.05, 0) is 61.7 Å². The fourth-order valence-corrected chi connectivity index (χ4v) is 4.94. The minimum absolute atomic E-state index is 0.270. The molecule has 1 fully saturated rings. The van der Waals surface area contributed by atoms with Crippen molar-refractivity contribution in [2.45, 2.75) is 25.2 Å². The summed E-state index contributed by atoms with van der Waals surface area (Å²) in [4.78, 5) is 0. The second kappa shape index (κ2) is 8.52. The number of rotatable bonds is 5. The summed E-state index contributed by atoms with van der Waals surface area (Å²) in [5, 5.41) is 15.7. The molecule has 0 N–H and O–H groups in total. The Labute approximate surface area is 217 Å². The van der Waals surface area contributed by atoms with Crippen LogP contribution >= 0.6 is 34.8 Å². The fourth-order valence-electron chi connectivity index (χ4n) is 4.48. The third-order valence-corrected chi connectivity index (χ3v) is 7.33. The second-order valence-electron chi connectivity index (χ2n) is 8.69. The summed E-state index contributed by atoms with van der Waals surface area (Å²) in [5.41, 5.74) is 4.95. The zero-order valence-corrected chi connectivity index (χ0v) is 20.9. The third kappa shape index (κ3) is 3.84. The van der Waals surface area contributed by atoms with Crippen LogP contribution in [-0.4, -0.2) is 20.0 Å². The van der Waals surface area contributed by atoms with E-state index in [0.717, 1.165) is 40.9 Å². The van der Waals surface area contributed by atoms with Gasteiger partial charge in [0.15, 0.2) is 5.69 Å². The van der Waals surface area contributed by atoms with Gasteiger partial charge >= 0.3 is 0 Å². The van der Waals surface area contributed by atoms with Gasteiger partial charge in [0, 0.05) is 21.2 Å². The van der Waals surface area contributed by atoms with Crippen LogP contribution in [-0.2, 0) is 5.41 Å². The average Bonchev–Trinajstić information content (AvgIpc) is 3.39. The summed E-state index contributed by atoms with van der Waals surface area (Å²) < 4.78 is 8.09. The molecule has 5 nitrogen and oxygen atoms in total. The van der Waals surface area contributed by atoms with Gasteiger partial charge in [-0.3, -0.25) is 0 Å². The summed E-state index contributed by atoms with van der Waals surface area (Å²) in [7, 11) is 0. The van der Waals surface area contributed by atoms with Crippen LogP contribution in [0.25, 0.3) is 28.5 Å². The lowest BCUT2D eigenvalue weighted by Gasteiger charge is -2.10. The van der Waals surface area contributed by atoms with Gasteiger partial charge in [-0.25, -0.2) is 4.68 Å². The second-order valence-corrected chi connectivity index (χ2v) is 9.97. The van der Waals surface area contributed by atoms with Gasteiger partial charge in [0.25, 0.3) is 5.89 Å². The smallest absolute Gasteiger partial charge is 0.268 e. The molecule has 2 aromatic heterocycles. The van der Waals surface area contributed by atoms with E-state index in [9.17, 15) is 0 Å². The maximum atomic E-state index is 6.56. The lowest BCUT2D eigenvalue weighted by Crippen LogP contribution is -2.08. The molecule has 6 rings (SSSR count). The zero-order valence-electron chi connectivity index (χ0n) is 18.7. The monoisotopic (exact) mass is 520 g/mol. The Kier molecular flexibility index (Phi) is 5.44. The van der Waals surface area contributed by atoms with Crippen LogP contribution in [0, 0.1) is 6.92 Å². The van der Waals surface area contributed by atoms with Gasteiger partial charge in [-0.15, -0.1) is 10.2 Å². The van der Waals surface area contributed by atoms with Crippen LogP contribution < -0.4 is 0 Å². The Bertz CT molecular complexity index is 1530. The van der Waals surface area contributed by atoms with Crippen LogP contribution in [0.2, 0.25) is 15.1 Å². The molecule has 2 heterocycles. The van der Waals surface area contributed by atoms with Crippen molar-refractivity contribution in [1.29, 1.82) is 0 Å². The predicted molar refractivity (Wildman–Crippen MR) is 139 cm³/mol. The molecule has 8 heteroatoms. The molecule has 0 bridgehead atoms. The Hall–Kier alpha value is -3.12. The first-order valence-electron chi connectivity index (χ1n) is 11.2. The minimum Gasteiger partial charge on any atom is -0.418 e. The van der Waals surface area contributed by atoms with Crippen LogP contribution in [0.1, 0.15) is 29.9 Å². The molecular formula is C27H19Cl3N4O. The van der Waals surface area contributed by atoms with E-state index >= 15 is 0 Å². The van der Waals surface area contributed by atoms with E-state index < -0.39 is 0 Å². The lowest BCUT2D eigenvalue weighted by atomic mass is 9.96. The quantitative estimate of drug-likeness (QED) is 0.235. The first-order chi connectivity index (χ1) is 17.0. The summed E-state index contributed by atoms with van der Waals surface area (Å²) in [5.74, 6) is 0.966. The predicted octanol–water partition coefficient (Wildman–Crippen LogP) is 7.94. The SMILES string of the molecule is Cc1c(-c2nnc(C3(c4ccc(Cl)cc4)CC3)o2)nn(-c2ccccc2Cl)c1-c1ccc(Cl)cc1. The van der Waals surface area contributed by atoms with Crippen LogP contribution in [0.3, 0.4) is 0 Å². The minimum atomic E-state index is -0.270. The normalized spacial score (nSPS) is 14.3. The molecule has 1 saturated carbocycles. The molecule has 1 aliphatic carbocycles. The van der Waals surface area contributed by atoms with Gasteiger partial charge in [0.05, 0.1) is 21.8 Å². The number of halogens is 3. The van der Waals surface area contributed by atoms with Crippen LogP contribution in [0.15, 0.2) is 77.2 Å². The standard InChI is InChI=1S/C27H19Cl3N4O/c1-16-23(25-31-32-26(35-25)27(14-15-27)18-8-12-20(29)13-9-18)33-34(22-5-3-2-4-21(22)30)24(16)17-6-10-19(28)11-7-17/h2-13H,14-15H2,1H3. The highest BCUT2D eigenvalue weighted by Crippen LogP contribution is 2.53. The first kappa shape index (κ1) is 22.4. The van der Waals surface area contributed by atoms with E-state index in [-0.39, 0.29) is 5.41 Å². The van der Waals surface area contributed by atoms with Gasteiger partial charge in [-0.2, -0.15) is 5.10 Å². The molecule has 174 valence electrons. The summed E-state index contributed by atoms with van der Waals surface area (Å²) in [6, 6.07) is 23.0. The van der Waals surface area contributed by atoms with Crippen molar-refractivity contribution < 1.29 is 4.42 Å². The number of hydrogen-bond donors (Lipinski definition) is 0. The fraction of sp³-hybridized carbons (Fsp3) is 0.148. The molecule has 3 aromatic carbocycles. The van der Waals surface area contributed by atoms with Gasteiger partial charge in [0.1, 0.15) is 0 Å². The maximum Gasteiger partial charge on any atom is 0.268 e. The van der Waals surface area contributed by atoms with E-state index in [1.54, 1.807) is 0 Å². The molecule has 0 saturated heterocycles. The van der Waals surface area contributed by atoms with Crippen molar-refractivity contribution in [1.82, 2.24) is 20.0 Å². The van der Waals surface area contributed by atoms with Gasteiger partial charge in [-0.1, -0.05) is 71.2 Å². The third-order valence-electron chi connectivity index (χ3n) is 6.50. The number of para-hydroxylation sites is 1. The Morgan fingerprint density at radius 1 is 0.829 bits per heavy atom. The highest BCUT2D eigenvalue weighted by molar-refractivity contribution is 6.32. The van der Waals surface area contributed by atoms with Crippen molar-refractivity contribution >= 4 is 34.8 Å². The molecule has 5 aromatic rings. The Morgan fingerprint density at radius 2 is 1.49 bits per heavy atom. The average molecular weight is 522 g/mol. The van der Waals surface area contributed by atoms with Crippen molar-refractivity contribution in [2.75, 3.05) is 0 Å². The van der Waals surface area contributed by atoms with Crippen molar-refractivity contribution in [3.63, 3.8) is 0 Å². The highest BCUT2D eigenvalue weighted by atomic mass is 35.5. The molecule has 35 heavy (non-hydrogen) atoms. The molecule has 0 atom stereocenters. The van der Waals surface area contributed by atoms with Crippen molar-refractivity contribution in [3.8, 4) is 28.5 Å². The number of hydrogen-bond acceptors (Lipinski definition) is 4. The molecular weight excluding hydrogens is 503 g/mol. The molecule has 1 aliphatic rings. The first-order valence-corrected chi connectivity index (χ1v) is 12.3. The number of aromatic nitrogens is 4. The summed E-state index contributed by atoms with van der Waals surface area (Å²) in [6.07, 6.45) is 1.89. The van der Waals surface area contributed by atoms with E-state index in [1.165, 1.54) is 0 Å². The lowest BCUT2D eigenvalue weighted by molar-refractivity contribution is 0.470. The number of benzene rings is 3. The molecule has 0 amide bonds. The summed E-state index contributed by atoms with van der Waals surface area (Å²) >= 11 is 18.8. The molecule has 0 radical (unpaired) electrons. The summed E-state index contributed by atoms with van der Waals surface area (Å²) in [6.45, 7) is 2.00. The van der Waals surface area contributed by atoms with Crippen molar-refractivity contribution in [3.05, 3.63) is 105 Å².